The van der Waals surface area contributed by atoms with Crippen molar-refractivity contribution in [1.29, 1.82) is 0 Å². The van der Waals surface area contributed by atoms with E-state index in [1.807, 2.05) is 20.8 Å². The number of thioether (sulfide) groups is 1. The SMILES string of the molecule is Cc1nsc(SCCCC(C)(C)C(N)=NO)n1. The van der Waals surface area contributed by atoms with Gasteiger partial charge >= 0.3 is 0 Å². The second kappa shape index (κ2) is 6.20. The molecule has 3 N–H and O–H groups in total. The molecule has 0 saturated carbocycles. The molecule has 0 saturated heterocycles. The first-order chi connectivity index (χ1) is 7.95. The lowest BCUT2D eigenvalue weighted by Crippen LogP contribution is -2.31. The van der Waals surface area contributed by atoms with E-state index in [-0.39, 0.29) is 11.3 Å². The van der Waals surface area contributed by atoms with Crippen molar-refractivity contribution >= 4 is 29.1 Å². The van der Waals surface area contributed by atoms with Crippen molar-refractivity contribution in [3.05, 3.63) is 5.82 Å². The molecule has 7 heteroatoms. The molecule has 0 radical (unpaired) electrons. The number of hydrogen-bond donors (Lipinski definition) is 2. The Morgan fingerprint density at radius 3 is 2.82 bits per heavy atom. The summed E-state index contributed by atoms with van der Waals surface area (Å²) in [6.45, 7) is 5.84. The molecule has 1 heterocycles. The molecule has 0 bridgehead atoms. The number of nitrogens with two attached hydrogens (primary N) is 1. The van der Waals surface area contributed by atoms with Crippen LogP contribution in [-0.2, 0) is 0 Å². The summed E-state index contributed by atoms with van der Waals surface area (Å²) in [5.41, 5.74) is 5.36. The molecule has 0 amide bonds. The molecular formula is C10H18N4OS2. The largest absolute Gasteiger partial charge is 0.409 e. The third-order valence-electron chi connectivity index (χ3n) is 2.48. The van der Waals surface area contributed by atoms with E-state index < -0.39 is 0 Å². The van der Waals surface area contributed by atoms with E-state index in [4.69, 9.17) is 10.9 Å². The van der Waals surface area contributed by atoms with Crippen molar-refractivity contribution in [3.63, 3.8) is 0 Å². The van der Waals surface area contributed by atoms with E-state index in [9.17, 15) is 0 Å². The molecule has 0 aromatic carbocycles. The van der Waals surface area contributed by atoms with Gasteiger partial charge in [-0.1, -0.05) is 30.8 Å². The molecule has 0 fully saturated rings. The second-order valence-corrected chi connectivity index (χ2v) is 6.52. The third-order valence-corrected chi connectivity index (χ3v) is 4.49. The summed E-state index contributed by atoms with van der Waals surface area (Å²) in [4.78, 5) is 4.28. The van der Waals surface area contributed by atoms with Gasteiger partial charge in [-0.25, -0.2) is 4.98 Å². The van der Waals surface area contributed by atoms with Crippen molar-refractivity contribution in [3.8, 4) is 0 Å². The standard InChI is InChI=1S/C10H18N4OS2/c1-7-12-9(17-14-7)16-6-4-5-10(2,3)8(11)13-15/h15H,4-6H2,1-3H3,(H2,11,13). The fourth-order valence-electron chi connectivity index (χ4n) is 1.27. The number of nitrogens with zero attached hydrogens (tertiary/aromatic N) is 3. The van der Waals surface area contributed by atoms with Gasteiger partial charge in [0.15, 0.2) is 4.34 Å². The second-order valence-electron chi connectivity index (χ2n) is 4.43. The predicted octanol–water partition coefficient (Wildman–Crippen LogP) is 2.49. The van der Waals surface area contributed by atoms with Gasteiger partial charge in [0.05, 0.1) is 0 Å². The van der Waals surface area contributed by atoms with E-state index in [1.54, 1.807) is 11.8 Å². The lowest BCUT2D eigenvalue weighted by molar-refractivity contribution is 0.305. The Balaban J connectivity index is 2.29. The summed E-state index contributed by atoms with van der Waals surface area (Å²) in [6, 6.07) is 0. The average Bonchev–Trinajstić information content (AvgIpc) is 2.69. The van der Waals surface area contributed by atoms with Gasteiger partial charge in [-0.15, -0.1) is 0 Å². The minimum atomic E-state index is -0.258. The Kier molecular flexibility index (Phi) is 5.20. The smallest absolute Gasteiger partial charge is 0.170 e. The number of aryl methyl sites for hydroxylation is 1. The highest BCUT2D eigenvalue weighted by atomic mass is 32.2. The summed E-state index contributed by atoms with van der Waals surface area (Å²) in [6.07, 6.45) is 1.88. The topological polar surface area (TPSA) is 84.4 Å². The summed E-state index contributed by atoms with van der Waals surface area (Å²) in [7, 11) is 0. The minimum Gasteiger partial charge on any atom is -0.409 e. The highest BCUT2D eigenvalue weighted by molar-refractivity contribution is 8.00. The van der Waals surface area contributed by atoms with Crippen molar-refractivity contribution < 1.29 is 5.21 Å². The van der Waals surface area contributed by atoms with Gasteiger partial charge in [0.1, 0.15) is 11.7 Å². The third kappa shape index (κ3) is 4.51. The van der Waals surface area contributed by atoms with Crippen LogP contribution < -0.4 is 5.73 Å². The highest BCUT2D eigenvalue weighted by Gasteiger charge is 2.22. The van der Waals surface area contributed by atoms with Gasteiger partial charge < -0.3 is 10.9 Å². The fraction of sp³-hybridized carbons (Fsp3) is 0.700. The Bertz CT molecular complexity index is 389. The maximum atomic E-state index is 8.65. The van der Waals surface area contributed by atoms with Crippen molar-refractivity contribution in [2.24, 2.45) is 16.3 Å². The molecule has 0 unspecified atom stereocenters. The molecule has 0 aliphatic carbocycles. The monoisotopic (exact) mass is 274 g/mol. The molecule has 0 aliphatic heterocycles. The number of oxime groups is 1. The lowest BCUT2D eigenvalue weighted by atomic mass is 9.87. The molecular weight excluding hydrogens is 256 g/mol. The number of aromatic nitrogens is 2. The van der Waals surface area contributed by atoms with Crippen LogP contribution in [0.5, 0.6) is 0 Å². The van der Waals surface area contributed by atoms with Gasteiger partial charge in [-0.05, 0) is 31.3 Å². The van der Waals surface area contributed by atoms with E-state index in [0.29, 0.717) is 0 Å². The highest BCUT2D eigenvalue weighted by Crippen LogP contribution is 2.26. The molecule has 0 aliphatic rings. The van der Waals surface area contributed by atoms with Crippen molar-refractivity contribution in [2.45, 2.75) is 38.0 Å². The van der Waals surface area contributed by atoms with Crippen LogP contribution in [0.3, 0.4) is 0 Å². The van der Waals surface area contributed by atoms with Crippen LogP contribution in [-0.4, -0.2) is 26.2 Å². The fourth-order valence-corrected chi connectivity index (χ4v) is 2.93. The molecule has 1 aromatic rings. The van der Waals surface area contributed by atoms with Gasteiger partial charge in [-0.3, -0.25) is 0 Å². The quantitative estimate of drug-likeness (QED) is 0.208. The Labute approximate surface area is 110 Å². The lowest BCUT2D eigenvalue weighted by Gasteiger charge is -2.22. The Hall–Kier alpha value is -0.820. The van der Waals surface area contributed by atoms with Crippen LogP contribution in [0.2, 0.25) is 0 Å². The average molecular weight is 274 g/mol. The van der Waals surface area contributed by atoms with Gasteiger partial charge in [-0.2, -0.15) is 4.37 Å². The molecule has 96 valence electrons. The summed E-state index contributed by atoms with van der Waals surface area (Å²) < 4.78 is 5.13. The zero-order valence-electron chi connectivity index (χ0n) is 10.3. The van der Waals surface area contributed by atoms with Crippen LogP contribution in [0, 0.1) is 12.3 Å². The first-order valence-electron chi connectivity index (χ1n) is 5.37. The van der Waals surface area contributed by atoms with E-state index >= 15 is 0 Å². The molecule has 1 aromatic heterocycles. The first-order valence-corrected chi connectivity index (χ1v) is 7.13. The molecule has 1 rings (SSSR count). The zero-order chi connectivity index (χ0) is 12.9. The van der Waals surface area contributed by atoms with Gasteiger partial charge in [0, 0.05) is 11.2 Å². The normalized spacial score (nSPS) is 13.0. The molecule has 0 atom stereocenters. The van der Waals surface area contributed by atoms with E-state index in [1.165, 1.54) is 11.5 Å². The number of hydrogen-bond acceptors (Lipinski definition) is 6. The van der Waals surface area contributed by atoms with Crippen molar-refractivity contribution in [2.75, 3.05) is 5.75 Å². The Morgan fingerprint density at radius 1 is 1.59 bits per heavy atom. The number of amidine groups is 1. The van der Waals surface area contributed by atoms with Gasteiger partial charge in [0.25, 0.3) is 0 Å². The maximum absolute atomic E-state index is 8.65. The van der Waals surface area contributed by atoms with Crippen molar-refractivity contribution in [1.82, 2.24) is 9.36 Å². The van der Waals surface area contributed by atoms with Crippen LogP contribution in [0.25, 0.3) is 0 Å². The maximum Gasteiger partial charge on any atom is 0.170 e. The Morgan fingerprint density at radius 2 is 2.29 bits per heavy atom. The van der Waals surface area contributed by atoms with Crippen LogP contribution in [0.4, 0.5) is 0 Å². The summed E-state index contributed by atoms with van der Waals surface area (Å²) in [5.74, 6) is 2.08. The number of rotatable bonds is 6. The summed E-state index contributed by atoms with van der Waals surface area (Å²) in [5, 5.41) is 11.7. The van der Waals surface area contributed by atoms with E-state index in [2.05, 4.69) is 14.5 Å². The first kappa shape index (κ1) is 14.2. The molecule has 0 spiro atoms. The van der Waals surface area contributed by atoms with Crippen LogP contribution in [0.15, 0.2) is 9.50 Å². The minimum absolute atomic E-state index is 0.258. The molecule has 17 heavy (non-hydrogen) atoms. The summed E-state index contributed by atoms with van der Waals surface area (Å²) >= 11 is 3.13. The molecule has 5 nitrogen and oxygen atoms in total. The van der Waals surface area contributed by atoms with Crippen LogP contribution in [0.1, 0.15) is 32.5 Å². The van der Waals surface area contributed by atoms with Crippen LogP contribution >= 0.6 is 23.3 Å². The van der Waals surface area contributed by atoms with E-state index in [0.717, 1.165) is 28.8 Å². The predicted molar refractivity (Wildman–Crippen MR) is 71.8 cm³/mol. The van der Waals surface area contributed by atoms with Gasteiger partial charge in [0.2, 0.25) is 0 Å². The zero-order valence-corrected chi connectivity index (χ0v) is 11.9.